The molecule has 0 fully saturated rings. The quantitative estimate of drug-likeness (QED) is 0.493. The second-order valence-corrected chi connectivity index (χ2v) is 9.23. The fourth-order valence-electron chi connectivity index (χ4n) is 3.86. The number of anilines is 1. The van der Waals surface area contributed by atoms with E-state index in [2.05, 4.69) is 31.2 Å². The van der Waals surface area contributed by atoms with Gasteiger partial charge in [-0.05, 0) is 71.8 Å². The summed E-state index contributed by atoms with van der Waals surface area (Å²) in [7, 11) is 0. The van der Waals surface area contributed by atoms with Crippen LogP contribution in [0.25, 0.3) is 15.9 Å². The van der Waals surface area contributed by atoms with Crippen LogP contribution < -0.4 is 11.0 Å². The Labute approximate surface area is 178 Å². The molecular weight excluding hydrogens is 454 g/mol. The second-order valence-electron chi connectivity index (χ2n) is 7.29. The number of rotatable bonds is 3. The minimum absolute atomic E-state index is 0.139. The number of aryl methyl sites for hydroxylation is 3. The molecule has 9 heteroatoms. The number of nitrogens with zero attached hydrogens (tertiary/aromatic N) is 4. The van der Waals surface area contributed by atoms with Crippen molar-refractivity contribution in [3.63, 3.8) is 0 Å². The topological polar surface area (TPSA) is 81.3 Å². The molecule has 29 heavy (non-hydrogen) atoms. The van der Waals surface area contributed by atoms with Crippen LogP contribution in [0.5, 0.6) is 0 Å². The second kappa shape index (κ2) is 7.07. The monoisotopic (exact) mass is 471 g/mol. The summed E-state index contributed by atoms with van der Waals surface area (Å²) in [5.74, 6) is -0.300. The molecule has 4 aromatic rings. The maximum absolute atomic E-state index is 12.6. The fourth-order valence-corrected chi connectivity index (χ4v) is 5.68. The number of carbonyl (C=O) groups is 1. The van der Waals surface area contributed by atoms with Gasteiger partial charge in [-0.15, -0.1) is 11.3 Å². The maximum atomic E-state index is 12.6. The van der Waals surface area contributed by atoms with Crippen LogP contribution in [0.2, 0.25) is 0 Å². The highest BCUT2D eigenvalue weighted by atomic mass is 79.9. The Morgan fingerprint density at radius 3 is 2.97 bits per heavy atom. The fraction of sp³-hybridized carbons (Fsp3) is 0.300. The average Bonchev–Trinajstić information content (AvgIpc) is 3.21. The lowest BCUT2D eigenvalue weighted by Crippen LogP contribution is -2.28. The molecule has 0 bridgehead atoms. The van der Waals surface area contributed by atoms with Crippen molar-refractivity contribution < 1.29 is 4.79 Å². The van der Waals surface area contributed by atoms with Gasteiger partial charge in [0.05, 0.1) is 11.1 Å². The minimum atomic E-state index is -0.451. The third-order valence-electron chi connectivity index (χ3n) is 5.25. The van der Waals surface area contributed by atoms with Crippen LogP contribution >= 0.6 is 27.3 Å². The molecule has 3 aromatic heterocycles. The molecule has 1 aliphatic rings. The van der Waals surface area contributed by atoms with Gasteiger partial charge in [0, 0.05) is 9.35 Å². The number of halogens is 1. The number of aromatic nitrogens is 4. The lowest BCUT2D eigenvalue weighted by molar-refractivity contribution is -0.117. The summed E-state index contributed by atoms with van der Waals surface area (Å²) in [6.07, 6.45) is 5.95. The summed E-state index contributed by atoms with van der Waals surface area (Å²) in [6.45, 7) is 1.84. The standard InChI is InChI=1S/C20H18BrN5O2S/c1-11-6-7-14(13(21)8-11)23-16(27)9-25-20(28)24-18-17-12-4-2-3-5-15(12)29-19(17)22-10-26(18)25/h6-8,10H,2-5,9H2,1H3,(H,23,27). The normalized spacial score (nSPS) is 13.7. The molecule has 0 unspecified atom stereocenters. The van der Waals surface area contributed by atoms with E-state index in [0.717, 1.165) is 39.5 Å². The summed E-state index contributed by atoms with van der Waals surface area (Å²) < 4.78 is 3.73. The van der Waals surface area contributed by atoms with E-state index in [-0.39, 0.29) is 12.5 Å². The van der Waals surface area contributed by atoms with Gasteiger partial charge in [-0.25, -0.2) is 19.0 Å². The van der Waals surface area contributed by atoms with Crippen molar-refractivity contribution in [3.05, 3.63) is 55.5 Å². The van der Waals surface area contributed by atoms with Crippen molar-refractivity contribution >= 4 is 54.7 Å². The molecule has 0 saturated carbocycles. The predicted octanol–water partition coefficient (Wildman–Crippen LogP) is 3.69. The predicted molar refractivity (Wildman–Crippen MR) is 117 cm³/mol. The Morgan fingerprint density at radius 1 is 1.31 bits per heavy atom. The number of carbonyl (C=O) groups excluding carboxylic acids is 1. The van der Waals surface area contributed by atoms with E-state index >= 15 is 0 Å². The first-order valence-corrected chi connectivity index (χ1v) is 11.1. The van der Waals surface area contributed by atoms with Crippen molar-refractivity contribution in [2.24, 2.45) is 0 Å². The first kappa shape index (κ1) is 18.5. The zero-order chi connectivity index (χ0) is 20.1. The third kappa shape index (κ3) is 3.18. The minimum Gasteiger partial charge on any atom is -0.323 e. The largest absolute Gasteiger partial charge is 0.365 e. The molecule has 0 aliphatic heterocycles. The zero-order valence-electron chi connectivity index (χ0n) is 15.7. The molecular formula is C20H18BrN5O2S. The lowest BCUT2D eigenvalue weighted by atomic mass is 9.97. The van der Waals surface area contributed by atoms with Crippen LogP contribution in [-0.4, -0.2) is 25.1 Å². The van der Waals surface area contributed by atoms with Crippen LogP contribution in [0, 0.1) is 6.92 Å². The molecule has 0 atom stereocenters. The number of amides is 1. The lowest BCUT2D eigenvalue weighted by Gasteiger charge is -2.11. The van der Waals surface area contributed by atoms with E-state index in [1.807, 2.05) is 25.1 Å². The number of benzene rings is 1. The highest BCUT2D eigenvalue weighted by Crippen LogP contribution is 2.36. The molecule has 5 rings (SSSR count). The first-order valence-electron chi connectivity index (χ1n) is 9.45. The Balaban J connectivity index is 1.52. The Kier molecular flexibility index (Phi) is 4.51. The van der Waals surface area contributed by atoms with Crippen LogP contribution in [0.3, 0.4) is 0 Å². The van der Waals surface area contributed by atoms with Crippen LogP contribution in [0.4, 0.5) is 5.69 Å². The molecule has 0 spiro atoms. The van der Waals surface area contributed by atoms with Crippen LogP contribution in [-0.2, 0) is 24.2 Å². The van der Waals surface area contributed by atoms with Crippen molar-refractivity contribution in [2.45, 2.75) is 39.2 Å². The van der Waals surface area contributed by atoms with Gasteiger partial charge in [0.2, 0.25) is 5.91 Å². The van der Waals surface area contributed by atoms with Gasteiger partial charge in [-0.3, -0.25) is 4.79 Å². The smallest absolute Gasteiger partial charge is 0.323 e. The molecule has 148 valence electrons. The van der Waals surface area contributed by atoms with Crippen molar-refractivity contribution in [1.82, 2.24) is 19.2 Å². The van der Waals surface area contributed by atoms with E-state index < -0.39 is 5.69 Å². The average molecular weight is 472 g/mol. The molecule has 1 aromatic carbocycles. The Morgan fingerprint density at radius 2 is 2.14 bits per heavy atom. The zero-order valence-corrected chi connectivity index (χ0v) is 18.1. The van der Waals surface area contributed by atoms with Gasteiger partial charge in [-0.2, -0.15) is 4.98 Å². The van der Waals surface area contributed by atoms with E-state index in [1.165, 1.54) is 21.5 Å². The summed E-state index contributed by atoms with van der Waals surface area (Å²) >= 11 is 5.14. The molecule has 0 radical (unpaired) electrons. The number of hydrogen-bond donors (Lipinski definition) is 1. The van der Waals surface area contributed by atoms with Gasteiger partial charge >= 0.3 is 5.69 Å². The van der Waals surface area contributed by atoms with Gasteiger partial charge in [0.1, 0.15) is 17.7 Å². The highest BCUT2D eigenvalue weighted by Gasteiger charge is 2.22. The summed E-state index contributed by atoms with van der Waals surface area (Å²) in [6, 6.07) is 5.68. The molecule has 1 amide bonds. The SMILES string of the molecule is Cc1ccc(NC(=O)Cn2c(=O)nc3c4c5c(sc4ncn32)CCCC5)c(Br)c1. The van der Waals surface area contributed by atoms with Crippen LogP contribution in [0.1, 0.15) is 28.8 Å². The summed E-state index contributed by atoms with van der Waals surface area (Å²) in [5, 5.41) is 3.81. The molecule has 1 N–H and O–H groups in total. The highest BCUT2D eigenvalue weighted by molar-refractivity contribution is 9.10. The molecule has 7 nitrogen and oxygen atoms in total. The van der Waals surface area contributed by atoms with Crippen LogP contribution in [0.15, 0.2) is 33.8 Å². The summed E-state index contributed by atoms with van der Waals surface area (Å²) in [4.78, 5) is 36.3. The Bertz CT molecular complexity index is 1340. The number of nitrogens with one attached hydrogen (secondary N) is 1. The number of fused-ring (bicyclic) bond motifs is 5. The van der Waals surface area contributed by atoms with Crippen molar-refractivity contribution in [1.29, 1.82) is 0 Å². The summed E-state index contributed by atoms with van der Waals surface area (Å²) in [5.41, 5.74) is 3.15. The van der Waals surface area contributed by atoms with Crippen molar-refractivity contribution in [2.75, 3.05) is 5.32 Å². The molecule has 1 aliphatic carbocycles. The van der Waals surface area contributed by atoms with E-state index in [9.17, 15) is 9.59 Å². The first-order chi connectivity index (χ1) is 14.0. The third-order valence-corrected chi connectivity index (χ3v) is 7.11. The number of thiophene rings is 1. The van der Waals surface area contributed by atoms with Gasteiger partial charge < -0.3 is 5.32 Å². The van der Waals surface area contributed by atoms with E-state index in [4.69, 9.17) is 0 Å². The van der Waals surface area contributed by atoms with Gasteiger partial charge in [0.15, 0.2) is 5.65 Å². The van der Waals surface area contributed by atoms with Crippen molar-refractivity contribution in [3.8, 4) is 0 Å². The van der Waals surface area contributed by atoms with Gasteiger partial charge in [0.25, 0.3) is 0 Å². The Hall–Kier alpha value is -2.52. The maximum Gasteiger partial charge on any atom is 0.365 e. The number of hydrogen-bond acceptors (Lipinski definition) is 5. The van der Waals surface area contributed by atoms with E-state index in [0.29, 0.717) is 11.3 Å². The molecule has 3 heterocycles. The van der Waals surface area contributed by atoms with Gasteiger partial charge in [-0.1, -0.05) is 6.07 Å². The molecule has 0 saturated heterocycles. The van der Waals surface area contributed by atoms with E-state index in [1.54, 1.807) is 22.2 Å².